The van der Waals surface area contributed by atoms with Gasteiger partial charge in [0, 0.05) is 18.3 Å². The van der Waals surface area contributed by atoms with E-state index in [1.165, 1.54) is 7.11 Å². The fourth-order valence-corrected chi connectivity index (χ4v) is 1.27. The van der Waals surface area contributed by atoms with E-state index in [1.807, 2.05) is 6.92 Å². The van der Waals surface area contributed by atoms with Crippen molar-refractivity contribution in [2.75, 3.05) is 25.5 Å². The van der Waals surface area contributed by atoms with Crippen LogP contribution in [-0.2, 0) is 9.53 Å². The summed E-state index contributed by atoms with van der Waals surface area (Å²) in [6.07, 6.45) is 0. The molecule has 0 saturated carbocycles. The molecular formula is C11H16N4O3. The van der Waals surface area contributed by atoms with Crippen LogP contribution in [0.15, 0.2) is 6.07 Å². The van der Waals surface area contributed by atoms with E-state index < -0.39 is 5.97 Å². The molecule has 0 radical (unpaired) electrons. The molecule has 0 saturated heterocycles. The Hall–Kier alpha value is -2.18. The van der Waals surface area contributed by atoms with E-state index in [4.69, 9.17) is 0 Å². The highest BCUT2D eigenvalue weighted by Gasteiger charge is 2.11. The summed E-state index contributed by atoms with van der Waals surface area (Å²) in [5.74, 6) is -0.377. The van der Waals surface area contributed by atoms with Gasteiger partial charge in [0.05, 0.1) is 13.7 Å². The van der Waals surface area contributed by atoms with Crippen molar-refractivity contribution >= 4 is 17.7 Å². The molecule has 18 heavy (non-hydrogen) atoms. The van der Waals surface area contributed by atoms with Gasteiger partial charge >= 0.3 is 5.97 Å². The number of carbonyl (C=O) groups is 2. The standard InChI is InChI=1S/C11H16N4O3/c1-4-12-9(16)6-13-8-5-7(2)14-10(15-8)11(17)18-3/h5H,4,6H2,1-3H3,(H,12,16)(H,13,14,15). The molecule has 0 spiro atoms. The van der Waals surface area contributed by atoms with Crippen molar-refractivity contribution < 1.29 is 14.3 Å². The van der Waals surface area contributed by atoms with Gasteiger partial charge in [-0.05, 0) is 13.8 Å². The normalized spacial score (nSPS) is 9.72. The summed E-state index contributed by atoms with van der Waals surface area (Å²) in [4.78, 5) is 30.5. The monoisotopic (exact) mass is 252 g/mol. The molecule has 1 heterocycles. The third-order valence-electron chi connectivity index (χ3n) is 2.03. The second kappa shape index (κ2) is 6.53. The van der Waals surface area contributed by atoms with Gasteiger partial charge in [-0.25, -0.2) is 14.8 Å². The number of hydrogen-bond acceptors (Lipinski definition) is 6. The number of nitrogens with zero attached hydrogens (tertiary/aromatic N) is 2. The van der Waals surface area contributed by atoms with Crippen molar-refractivity contribution in [2.24, 2.45) is 0 Å². The first kappa shape index (κ1) is 13.9. The Balaban J connectivity index is 2.74. The van der Waals surface area contributed by atoms with Gasteiger partial charge in [0.15, 0.2) is 0 Å². The molecule has 0 aliphatic rings. The third kappa shape index (κ3) is 4.00. The molecular weight excluding hydrogens is 236 g/mol. The van der Waals surface area contributed by atoms with E-state index in [-0.39, 0.29) is 18.3 Å². The topological polar surface area (TPSA) is 93.2 Å². The molecule has 1 aromatic rings. The first-order valence-corrected chi connectivity index (χ1v) is 5.51. The summed E-state index contributed by atoms with van der Waals surface area (Å²) in [6.45, 7) is 4.22. The minimum atomic E-state index is -0.611. The number of carbonyl (C=O) groups excluding carboxylic acids is 2. The SMILES string of the molecule is CCNC(=O)CNc1cc(C)nc(C(=O)OC)n1. The van der Waals surface area contributed by atoms with Crippen molar-refractivity contribution in [3.63, 3.8) is 0 Å². The second-order valence-corrected chi connectivity index (χ2v) is 3.52. The van der Waals surface area contributed by atoms with E-state index in [0.29, 0.717) is 18.1 Å². The van der Waals surface area contributed by atoms with Gasteiger partial charge in [-0.1, -0.05) is 0 Å². The van der Waals surface area contributed by atoms with E-state index in [0.717, 1.165) is 0 Å². The summed E-state index contributed by atoms with van der Waals surface area (Å²) in [6, 6.07) is 1.64. The number of hydrogen-bond donors (Lipinski definition) is 2. The molecule has 0 unspecified atom stereocenters. The summed E-state index contributed by atoms with van der Waals surface area (Å²) in [5.41, 5.74) is 0.615. The number of likely N-dealkylation sites (N-methyl/N-ethyl adjacent to an activating group) is 1. The number of rotatable bonds is 5. The van der Waals surface area contributed by atoms with Gasteiger partial charge < -0.3 is 15.4 Å². The van der Waals surface area contributed by atoms with Gasteiger partial charge in [-0.2, -0.15) is 0 Å². The lowest BCUT2D eigenvalue weighted by Gasteiger charge is -2.07. The van der Waals surface area contributed by atoms with Gasteiger partial charge in [0.2, 0.25) is 11.7 Å². The van der Waals surface area contributed by atoms with Crippen molar-refractivity contribution in [1.29, 1.82) is 0 Å². The summed E-state index contributed by atoms with van der Waals surface area (Å²) in [5, 5.41) is 5.46. The van der Waals surface area contributed by atoms with Gasteiger partial charge in [-0.3, -0.25) is 4.79 Å². The Morgan fingerprint density at radius 3 is 2.72 bits per heavy atom. The largest absolute Gasteiger partial charge is 0.463 e. The molecule has 1 aromatic heterocycles. The fraction of sp³-hybridized carbons (Fsp3) is 0.455. The number of aromatic nitrogens is 2. The number of esters is 1. The highest BCUT2D eigenvalue weighted by Crippen LogP contribution is 2.06. The Kier molecular flexibility index (Phi) is 5.04. The molecule has 0 fully saturated rings. The zero-order chi connectivity index (χ0) is 13.5. The molecule has 0 atom stereocenters. The first-order valence-electron chi connectivity index (χ1n) is 5.51. The Labute approximate surface area is 105 Å². The average Bonchev–Trinajstić information content (AvgIpc) is 2.35. The van der Waals surface area contributed by atoms with Crippen LogP contribution in [-0.4, -0.2) is 42.0 Å². The van der Waals surface area contributed by atoms with Gasteiger partial charge in [0.25, 0.3) is 0 Å². The van der Waals surface area contributed by atoms with Crippen LogP contribution >= 0.6 is 0 Å². The maximum absolute atomic E-state index is 11.3. The van der Waals surface area contributed by atoms with Crippen molar-refractivity contribution in [2.45, 2.75) is 13.8 Å². The smallest absolute Gasteiger partial charge is 0.376 e. The predicted molar refractivity (Wildman–Crippen MR) is 65.3 cm³/mol. The lowest BCUT2D eigenvalue weighted by molar-refractivity contribution is -0.119. The summed E-state index contributed by atoms with van der Waals surface area (Å²) >= 11 is 0. The Morgan fingerprint density at radius 2 is 2.11 bits per heavy atom. The molecule has 7 heteroatoms. The quantitative estimate of drug-likeness (QED) is 0.723. The number of ether oxygens (including phenoxy) is 1. The van der Waals surface area contributed by atoms with E-state index in [9.17, 15) is 9.59 Å². The highest BCUT2D eigenvalue weighted by molar-refractivity contribution is 5.85. The van der Waals surface area contributed by atoms with Crippen LogP contribution in [0.1, 0.15) is 23.2 Å². The van der Waals surface area contributed by atoms with Crippen LogP contribution in [0.3, 0.4) is 0 Å². The fourth-order valence-electron chi connectivity index (χ4n) is 1.27. The minimum absolute atomic E-state index is 0.0316. The second-order valence-electron chi connectivity index (χ2n) is 3.52. The molecule has 7 nitrogen and oxygen atoms in total. The Bertz CT molecular complexity index is 448. The van der Waals surface area contributed by atoms with Crippen LogP contribution in [0.2, 0.25) is 0 Å². The van der Waals surface area contributed by atoms with E-state index >= 15 is 0 Å². The zero-order valence-electron chi connectivity index (χ0n) is 10.6. The van der Waals surface area contributed by atoms with E-state index in [1.54, 1.807) is 13.0 Å². The predicted octanol–water partition coefficient (Wildman–Crippen LogP) is 0.120. The van der Waals surface area contributed by atoms with Crippen LogP contribution in [0.4, 0.5) is 5.82 Å². The lowest BCUT2D eigenvalue weighted by Crippen LogP contribution is -2.29. The zero-order valence-corrected chi connectivity index (χ0v) is 10.6. The molecule has 0 aromatic carbocycles. The van der Waals surface area contributed by atoms with Gasteiger partial charge in [0.1, 0.15) is 5.82 Å². The van der Waals surface area contributed by atoms with Crippen molar-refractivity contribution in [3.05, 3.63) is 17.6 Å². The van der Waals surface area contributed by atoms with Gasteiger partial charge in [-0.15, -0.1) is 0 Å². The number of nitrogens with one attached hydrogen (secondary N) is 2. The first-order chi connectivity index (χ1) is 8.56. The number of amides is 1. The number of methoxy groups -OCH3 is 1. The molecule has 0 aliphatic heterocycles. The molecule has 1 amide bonds. The molecule has 0 bridgehead atoms. The molecule has 0 aliphatic carbocycles. The molecule has 1 rings (SSSR count). The number of anilines is 1. The lowest BCUT2D eigenvalue weighted by atomic mass is 10.4. The Morgan fingerprint density at radius 1 is 1.39 bits per heavy atom. The maximum Gasteiger partial charge on any atom is 0.376 e. The van der Waals surface area contributed by atoms with Crippen molar-refractivity contribution in [1.82, 2.24) is 15.3 Å². The van der Waals surface area contributed by atoms with Crippen LogP contribution in [0.5, 0.6) is 0 Å². The van der Waals surface area contributed by atoms with E-state index in [2.05, 4.69) is 25.3 Å². The highest BCUT2D eigenvalue weighted by atomic mass is 16.5. The summed E-state index contributed by atoms with van der Waals surface area (Å²) in [7, 11) is 1.26. The molecule has 98 valence electrons. The minimum Gasteiger partial charge on any atom is -0.463 e. The molecule has 2 N–H and O–H groups in total. The average molecular weight is 252 g/mol. The third-order valence-corrected chi connectivity index (χ3v) is 2.03. The van der Waals surface area contributed by atoms with Crippen molar-refractivity contribution in [3.8, 4) is 0 Å². The van der Waals surface area contributed by atoms with Crippen LogP contribution < -0.4 is 10.6 Å². The maximum atomic E-state index is 11.3. The van der Waals surface area contributed by atoms with Crippen LogP contribution in [0.25, 0.3) is 0 Å². The summed E-state index contributed by atoms with van der Waals surface area (Å²) < 4.78 is 4.54. The number of aryl methyl sites for hydroxylation is 1. The van der Waals surface area contributed by atoms with Crippen LogP contribution in [0, 0.1) is 6.92 Å².